The number of likely N-dealkylation sites (N-methyl/N-ethyl adjacent to an activating group) is 1. The van der Waals surface area contributed by atoms with Crippen molar-refractivity contribution in [3.05, 3.63) is 54.1 Å². The summed E-state index contributed by atoms with van der Waals surface area (Å²) in [6.45, 7) is 7.19. The van der Waals surface area contributed by atoms with E-state index in [9.17, 15) is 4.79 Å². The van der Waals surface area contributed by atoms with Crippen LogP contribution in [0, 0.1) is 0 Å². The van der Waals surface area contributed by atoms with Crippen molar-refractivity contribution in [2.75, 3.05) is 51.8 Å². The number of anilines is 1. The lowest BCUT2D eigenvalue weighted by Gasteiger charge is -2.35. The summed E-state index contributed by atoms with van der Waals surface area (Å²) in [4.78, 5) is 17.6. The van der Waals surface area contributed by atoms with Crippen LogP contribution >= 0.6 is 12.2 Å². The molecular weight excluding hydrogens is 386 g/mol. The van der Waals surface area contributed by atoms with E-state index in [1.807, 2.05) is 36.4 Å². The molecule has 0 aromatic heterocycles. The highest BCUT2D eigenvalue weighted by Gasteiger charge is 2.18. The molecule has 0 radical (unpaired) electrons. The molecule has 1 aliphatic heterocycles. The Kier molecular flexibility index (Phi) is 7.43. The fourth-order valence-electron chi connectivity index (χ4n) is 3.19. The third kappa shape index (κ3) is 5.92. The summed E-state index contributed by atoms with van der Waals surface area (Å²) in [5, 5.41) is 2.79. The first-order valence-corrected chi connectivity index (χ1v) is 10.2. The molecule has 1 aliphatic rings. The molecular formula is C22H27N3O3S. The standard InChI is InChI=1S/C22H27N3O3S/c1-3-24-11-13-25(14-12-24)22(29)17-7-9-19(10-8-17)28-16-21(26)23-18-5-4-6-20(15-18)27-2/h4-10,15H,3,11-14,16H2,1-2H3,(H,23,26). The summed E-state index contributed by atoms with van der Waals surface area (Å²) in [5.74, 6) is 1.09. The van der Waals surface area contributed by atoms with E-state index in [2.05, 4.69) is 22.0 Å². The molecule has 7 heteroatoms. The van der Waals surface area contributed by atoms with E-state index in [1.54, 1.807) is 19.2 Å². The van der Waals surface area contributed by atoms with Crippen LogP contribution in [0.15, 0.2) is 48.5 Å². The van der Waals surface area contributed by atoms with Gasteiger partial charge in [-0.05, 0) is 42.9 Å². The van der Waals surface area contributed by atoms with Crippen LogP contribution in [0.25, 0.3) is 0 Å². The first kappa shape index (κ1) is 21.1. The minimum absolute atomic E-state index is 0.0695. The SMILES string of the molecule is CCN1CCN(C(=S)c2ccc(OCC(=O)Nc3cccc(OC)c3)cc2)CC1. The zero-order chi connectivity index (χ0) is 20.6. The van der Waals surface area contributed by atoms with Gasteiger partial charge in [0.1, 0.15) is 16.5 Å². The first-order chi connectivity index (χ1) is 14.1. The predicted octanol–water partition coefficient (Wildman–Crippen LogP) is 3.03. The topological polar surface area (TPSA) is 54.0 Å². The van der Waals surface area contributed by atoms with E-state index in [1.165, 1.54) is 0 Å². The Morgan fingerprint density at radius 1 is 1.07 bits per heavy atom. The van der Waals surface area contributed by atoms with Crippen molar-refractivity contribution >= 4 is 28.8 Å². The lowest BCUT2D eigenvalue weighted by atomic mass is 10.2. The minimum atomic E-state index is -0.230. The van der Waals surface area contributed by atoms with Crippen molar-refractivity contribution in [3.63, 3.8) is 0 Å². The largest absolute Gasteiger partial charge is 0.497 e. The number of benzene rings is 2. The Bertz CT molecular complexity index is 833. The average molecular weight is 414 g/mol. The molecule has 154 valence electrons. The predicted molar refractivity (Wildman–Crippen MR) is 119 cm³/mol. The number of carbonyl (C=O) groups is 1. The van der Waals surface area contributed by atoms with Crippen LogP contribution in [-0.4, -0.2) is 67.1 Å². The smallest absolute Gasteiger partial charge is 0.262 e. The van der Waals surface area contributed by atoms with Crippen molar-refractivity contribution in [1.82, 2.24) is 9.80 Å². The van der Waals surface area contributed by atoms with E-state index in [4.69, 9.17) is 21.7 Å². The Labute approximate surface area is 177 Å². The molecule has 0 unspecified atom stereocenters. The second kappa shape index (κ2) is 10.2. The minimum Gasteiger partial charge on any atom is -0.497 e. The number of rotatable bonds is 7. The third-order valence-electron chi connectivity index (χ3n) is 4.93. The molecule has 3 rings (SSSR count). The number of amides is 1. The van der Waals surface area contributed by atoms with E-state index < -0.39 is 0 Å². The summed E-state index contributed by atoms with van der Waals surface area (Å²) >= 11 is 5.65. The van der Waals surface area contributed by atoms with E-state index in [0.717, 1.165) is 43.3 Å². The van der Waals surface area contributed by atoms with Gasteiger partial charge in [0.05, 0.1) is 7.11 Å². The van der Waals surface area contributed by atoms with Crippen LogP contribution in [0.2, 0.25) is 0 Å². The third-order valence-corrected chi connectivity index (χ3v) is 5.43. The molecule has 1 fully saturated rings. The Morgan fingerprint density at radius 3 is 2.45 bits per heavy atom. The fourth-order valence-corrected chi connectivity index (χ4v) is 3.51. The van der Waals surface area contributed by atoms with E-state index in [0.29, 0.717) is 17.2 Å². The summed E-state index contributed by atoms with van der Waals surface area (Å²) in [7, 11) is 1.59. The van der Waals surface area contributed by atoms with Gasteiger partial charge in [-0.25, -0.2) is 0 Å². The summed E-state index contributed by atoms with van der Waals surface area (Å²) in [6, 6.07) is 14.8. The van der Waals surface area contributed by atoms with Gasteiger partial charge in [0, 0.05) is 43.5 Å². The molecule has 6 nitrogen and oxygen atoms in total. The van der Waals surface area contributed by atoms with Gasteiger partial charge in [-0.2, -0.15) is 0 Å². The Hall–Kier alpha value is -2.64. The number of methoxy groups -OCH3 is 1. The van der Waals surface area contributed by atoms with Crippen molar-refractivity contribution in [2.24, 2.45) is 0 Å². The summed E-state index contributed by atoms with van der Waals surface area (Å²) in [5.41, 5.74) is 1.67. The van der Waals surface area contributed by atoms with Gasteiger partial charge < -0.3 is 24.6 Å². The number of piperazine rings is 1. The van der Waals surface area contributed by atoms with Gasteiger partial charge in [0.2, 0.25) is 0 Å². The van der Waals surface area contributed by atoms with Crippen LogP contribution in [0.5, 0.6) is 11.5 Å². The summed E-state index contributed by atoms with van der Waals surface area (Å²) in [6.07, 6.45) is 0. The molecule has 29 heavy (non-hydrogen) atoms. The van der Waals surface area contributed by atoms with E-state index in [-0.39, 0.29) is 12.5 Å². The molecule has 1 heterocycles. The molecule has 2 aromatic rings. The van der Waals surface area contributed by atoms with Crippen molar-refractivity contribution in [2.45, 2.75) is 6.92 Å². The number of nitrogens with zero attached hydrogens (tertiary/aromatic N) is 2. The Morgan fingerprint density at radius 2 is 1.79 bits per heavy atom. The van der Waals surface area contributed by atoms with Crippen LogP contribution in [0.1, 0.15) is 12.5 Å². The molecule has 0 bridgehead atoms. The van der Waals surface area contributed by atoms with Gasteiger partial charge in [0.15, 0.2) is 6.61 Å². The van der Waals surface area contributed by atoms with Crippen molar-refractivity contribution in [1.29, 1.82) is 0 Å². The van der Waals surface area contributed by atoms with Crippen LogP contribution in [0.3, 0.4) is 0 Å². The lowest BCUT2D eigenvalue weighted by molar-refractivity contribution is -0.118. The Balaban J connectivity index is 1.48. The zero-order valence-corrected chi connectivity index (χ0v) is 17.7. The van der Waals surface area contributed by atoms with Gasteiger partial charge in [-0.3, -0.25) is 4.79 Å². The average Bonchev–Trinajstić information content (AvgIpc) is 2.77. The number of thiocarbonyl (C=S) groups is 1. The molecule has 1 N–H and O–H groups in total. The number of carbonyl (C=O) groups excluding carboxylic acids is 1. The van der Waals surface area contributed by atoms with Gasteiger partial charge in [-0.1, -0.05) is 25.2 Å². The quantitative estimate of drug-likeness (QED) is 0.705. The first-order valence-electron chi connectivity index (χ1n) is 9.77. The van der Waals surface area contributed by atoms with Gasteiger partial charge in [-0.15, -0.1) is 0 Å². The summed E-state index contributed by atoms with van der Waals surface area (Å²) < 4.78 is 10.8. The number of ether oxygens (including phenoxy) is 2. The highest BCUT2D eigenvalue weighted by molar-refractivity contribution is 7.80. The van der Waals surface area contributed by atoms with E-state index >= 15 is 0 Å². The van der Waals surface area contributed by atoms with Gasteiger partial charge in [0.25, 0.3) is 5.91 Å². The molecule has 0 aliphatic carbocycles. The normalized spacial score (nSPS) is 14.3. The van der Waals surface area contributed by atoms with Gasteiger partial charge >= 0.3 is 0 Å². The zero-order valence-electron chi connectivity index (χ0n) is 16.9. The monoisotopic (exact) mass is 413 g/mol. The van der Waals surface area contributed by atoms with Crippen LogP contribution in [0.4, 0.5) is 5.69 Å². The maximum absolute atomic E-state index is 12.1. The molecule has 0 atom stereocenters. The number of hydrogen-bond donors (Lipinski definition) is 1. The molecule has 1 saturated heterocycles. The van der Waals surface area contributed by atoms with Crippen molar-refractivity contribution < 1.29 is 14.3 Å². The number of hydrogen-bond acceptors (Lipinski definition) is 5. The molecule has 0 spiro atoms. The van der Waals surface area contributed by atoms with Crippen LogP contribution < -0.4 is 14.8 Å². The van der Waals surface area contributed by atoms with Crippen LogP contribution in [-0.2, 0) is 4.79 Å². The maximum atomic E-state index is 12.1. The fraction of sp³-hybridized carbons (Fsp3) is 0.364. The second-order valence-electron chi connectivity index (χ2n) is 6.82. The highest BCUT2D eigenvalue weighted by Crippen LogP contribution is 2.18. The lowest BCUT2D eigenvalue weighted by Crippen LogP contribution is -2.48. The highest BCUT2D eigenvalue weighted by atomic mass is 32.1. The second-order valence-corrected chi connectivity index (χ2v) is 7.21. The van der Waals surface area contributed by atoms with Crippen molar-refractivity contribution in [3.8, 4) is 11.5 Å². The maximum Gasteiger partial charge on any atom is 0.262 e. The molecule has 2 aromatic carbocycles. The number of nitrogens with one attached hydrogen (secondary N) is 1. The molecule has 0 saturated carbocycles. The molecule has 1 amide bonds.